The topological polar surface area (TPSA) is 58.6 Å². The van der Waals surface area contributed by atoms with Crippen LogP contribution in [0, 0.1) is 5.92 Å². The summed E-state index contributed by atoms with van der Waals surface area (Å²) in [4.78, 5) is 26.2. The van der Waals surface area contributed by atoms with Gasteiger partial charge in [0.05, 0.1) is 18.7 Å². The van der Waals surface area contributed by atoms with Crippen molar-refractivity contribution in [2.75, 3.05) is 31.6 Å². The molecular formula is C18H26N2O3. The molecule has 2 rings (SSSR count). The van der Waals surface area contributed by atoms with Crippen molar-refractivity contribution in [1.82, 2.24) is 4.90 Å². The van der Waals surface area contributed by atoms with E-state index in [4.69, 9.17) is 4.74 Å². The highest BCUT2D eigenvalue weighted by atomic mass is 16.5. The number of piperidine rings is 1. The minimum atomic E-state index is -0.356. The predicted octanol–water partition coefficient (Wildman–Crippen LogP) is 2.92. The fourth-order valence-electron chi connectivity index (χ4n) is 2.57. The molecule has 0 saturated carbocycles. The van der Waals surface area contributed by atoms with Crippen molar-refractivity contribution >= 4 is 17.6 Å². The molecule has 5 nitrogen and oxygen atoms in total. The van der Waals surface area contributed by atoms with Gasteiger partial charge in [-0.1, -0.05) is 26.3 Å². The Morgan fingerprint density at radius 1 is 1.22 bits per heavy atom. The average molecular weight is 318 g/mol. The van der Waals surface area contributed by atoms with Crippen molar-refractivity contribution in [1.29, 1.82) is 0 Å². The summed E-state index contributed by atoms with van der Waals surface area (Å²) in [7, 11) is 0. The highest BCUT2D eigenvalue weighted by Crippen LogP contribution is 2.13. The van der Waals surface area contributed by atoms with Crippen LogP contribution < -0.4 is 5.32 Å². The molecule has 5 heteroatoms. The number of rotatable bonds is 6. The molecule has 1 aliphatic heterocycles. The van der Waals surface area contributed by atoms with Gasteiger partial charge in [0.2, 0.25) is 5.91 Å². The van der Waals surface area contributed by atoms with E-state index in [-0.39, 0.29) is 11.9 Å². The average Bonchev–Trinajstić information content (AvgIpc) is 2.53. The maximum absolute atomic E-state index is 12.1. The Labute approximate surface area is 138 Å². The van der Waals surface area contributed by atoms with Gasteiger partial charge in [0.1, 0.15) is 0 Å². The summed E-state index contributed by atoms with van der Waals surface area (Å²) in [6.07, 6.45) is 3.56. The molecule has 1 heterocycles. The molecule has 23 heavy (non-hydrogen) atoms. The number of nitrogens with one attached hydrogen (secondary N) is 1. The van der Waals surface area contributed by atoms with Gasteiger partial charge < -0.3 is 10.1 Å². The second-order valence-electron chi connectivity index (χ2n) is 6.46. The van der Waals surface area contributed by atoms with Crippen molar-refractivity contribution < 1.29 is 14.3 Å². The Morgan fingerprint density at radius 3 is 2.65 bits per heavy atom. The number of ether oxygens (including phenoxy) is 1. The fourth-order valence-corrected chi connectivity index (χ4v) is 2.57. The summed E-state index contributed by atoms with van der Waals surface area (Å²) in [6.45, 7) is 6.74. The van der Waals surface area contributed by atoms with E-state index in [0.29, 0.717) is 30.3 Å². The van der Waals surface area contributed by atoms with Gasteiger partial charge in [-0.2, -0.15) is 0 Å². The van der Waals surface area contributed by atoms with Crippen LogP contribution >= 0.6 is 0 Å². The molecule has 126 valence electrons. The van der Waals surface area contributed by atoms with Crippen molar-refractivity contribution in [3.8, 4) is 0 Å². The van der Waals surface area contributed by atoms with E-state index in [9.17, 15) is 9.59 Å². The van der Waals surface area contributed by atoms with Crippen LogP contribution in [0.2, 0.25) is 0 Å². The third-order valence-electron chi connectivity index (χ3n) is 3.75. The molecule has 0 bridgehead atoms. The van der Waals surface area contributed by atoms with E-state index in [1.807, 2.05) is 13.8 Å². The van der Waals surface area contributed by atoms with E-state index in [2.05, 4.69) is 10.2 Å². The lowest BCUT2D eigenvalue weighted by Crippen LogP contribution is -2.36. The minimum absolute atomic E-state index is 0.0420. The quantitative estimate of drug-likeness (QED) is 0.819. The Balaban J connectivity index is 1.88. The van der Waals surface area contributed by atoms with Crippen molar-refractivity contribution in [3.63, 3.8) is 0 Å². The summed E-state index contributed by atoms with van der Waals surface area (Å²) >= 11 is 0. The number of nitrogens with zero attached hydrogens (tertiary/aromatic N) is 1. The molecule has 0 spiro atoms. The molecule has 0 atom stereocenters. The second-order valence-corrected chi connectivity index (χ2v) is 6.46. The number of carbonyl (C=O) groups excluding carboxylic acids is 2. The number of carbonyl (C=O) groups is 2. The van der Waals surface area contributed by atoms with Crippen molar-refractivity contribution in [2.24, 2.45) is 5.92 Å². The molecule has 1 aromatic rings. The lowest BCUT2D eigenvalue weighted by molar-refractivity contribution is -0.117. The maximum atomic E-state index is 12.1. The van der Waals surface area contributed by atoms with E-state index in [1.165, 1.54) is 6.42 Å². The molecule has 1 saturated heterocycles. The number of anilines is 1. The van der Waals surface area contributed by atoms with E-state index >= 15 is 0 Å². The minimum Gasteiger partial charge on any atom is -0.462 e. The first-order valence-corrected chi connectivity index (χ1v) is 8.34. The summed E-state index contributed by atoms with van der Waals surface area (Å²) < 4.78 is 5.21. The largest absolute Gasteiger partial charge is 0.462 e. The van der Waals surface area contributed by atoms with Crippen LogP contribution in [0.4, 0.5) is 5.69 Å². The molecule has 0 radical (unpaired) electrons. The van der Waals surface area contributed by atoms with Crippen LogP contribution in [0.3, 0.4) is 0 Å². The monoisotopic (exact) mass is 318 g/mol. The van der Waals surface area contributed by atoms with Gasteiger partial charge in [-0.05, 0) is 50.0 Å². The molecule has 0 unspecified atom stereocenters. The lowest BCUT2D eigenvalue weighted by Gasteiger charge is -2.25. The highest BCUT2D eigenvalue weighted by molar-refractivity contribution is 5.95. The molecule has 1 N–H and O–H groups in total. The predicted molar refractivity (Wildman–Crippen MR) is 90.5 cm³/mol. The normalized spacial score (nSPS) is 15.4. The summed E-state index contributed by atoms with van der Waals surface area (Å²) in [5, 5.41) is 2.86. The number of likely N-dealkylation sites (tertiary alicyclic amines) is 1. The van der Waals surface area contributed by atoms with Gasteiger partial charge in [-0.25, -0.2) is 4.79 Å². The van der Waals surface area contributed by atoms with Gasteiger partial charge in [0, 0.05) is 5.69 Å². The van der Waals surface area contributed by atoms with E-state index in [1.54, 1.807) is 24.3 Å². The standard InChI is InChI=1S/C18H26N2O3/c1-14(2)13-23-18(22)15-7-6-8-16(11-15)19-17(21)12-20-9-4-3-5-10-20/h6-8,11,14H,3-5,9-10,12-13H2,1-2H3,(H,19,21). The van der Waals surface area contributed by atoms with Gasteiger partial charge in [0.25, 0.3) is 0 Å². The van der Waals surface area contributed by atoms with Crippen LogP contribution in [0.15, 0.2) is 24.3 Å². The molecule has 1 amide bonds. The number of amides is 1. The highest BCUT2D eigenvalue weighted by Gasteiger charge is 2.14. The van der Waals surface area contributed by atoms with Gasteiger partial charge in [0.15, 0.2) is 0 Å². The van der Waals surface area contributed by atoms with Gasteiger partial charge >= 0.3 is 5.97 Å². The Bertz CT molecular complexity index is 537. The number of hydrogen-bond acceptors (Lipinski definition) is 4. The van der Waals surface area contributed by atoms with Crippen LogP contribution in [-0.4, -0.2) is 43.0 Å². The molecule has 0 aliphatic carbocycles. The van der Waals surface area contributed by atoms with Gasteiger partial charge in [-0.15, -0.1) is 0 Å². The smallest absolute Gasteiger partial charge is 0.338 e. The Morgan fingerprint density at radius 2 is 1.96 bits per heavy atom. The number of esters is 1. The summed E-state index contributed by atoms with van der Waals surface area (Å²) in [5.74, 6) is -0.100. The summed E-state index contributed by atoms with van der Waals surface area (Å²) in [6, 6.07) is 6.90. The summed E-state index contributed by atoms with van der Waals surface area (Å²) in [5.41, 5.74) is 1.09. The molecular weight excluding hydrogens is 292 g/mol. The van der Waals surface area contributed by atoms with E-state index < -0.39 is 0 Å². The zero-order valence-corrected chi connectivity index (χ0v) is 14.0. The molecule has 1 fully saturated rings. The molecule has 1 aliphatic rings. The SMILES string of the molecule is CC(C)COC(=O)c1cccc(NC(=O)CN2CCCCC2)c1. The van der Waals surface area contributed by atoms with Crippen molar-refractivity contribution in [3.05, 3.63) is 29.8 Å². The Hall–Kier alpha value is -1.88. The van der Waals surface area contributed by atoms with Crippen LogP contribution in [-0.2, 0) is 9.53 Å². The fraction of sp³-hybridized carbons (Fsp3) is 0.556. The van der Waals surface area contributed by atoms with Crippen molar-refractivity contribution in [2.45, 2.75) is 33.1 Å². The lowest BCUT2D eigenvalue weighted by atomic mass is 10.1. The van der Waals surface area contributed by atoms with E-state index in [0.717, 1.165) is 25.9 Å². The second kappa shape index (κ2) is 8.67. The van der Waals surface area contributed by atoms with Crippen LogP contribution in [0.1, 0.15) is 43.5 Å². The maximum Gasteiger partial charge on any atom is 0.338 e. The van der Waals surface area contributed by atoms with Crippen LogP contribution in [0.25, 0.3) is 0 Å². The van der Waals surface area contributed by atoms with Crippen LogP contribution in [0.5, 0.6) is 0 Å². The Kier molecular flexibility index (Phi) is 6.59. The number of benzene rings is 1. The molecule has 1 aromatic carbocycles. The molecule has 0 aromatic heterocycles. The van der Waals surface area contributed by atoms with Gasteiger partial charge in [-0.3, -0.25) is 9.69 Å². The number of hydrogen-bond donors (Lipinski definition) is 1. The zero-order chi connectivity index (χ0) is 16.7. The first-order valence-electron chi connectivity index (χ1n) is 8.34. The first-order chi connectivity index (χ1) is 11.0. The third kappa shape index (κ3) is 6.02. The third-order valence-corrected chi connectivity index (χ3v) is 3.75. The zero-order valence-electron chi connectivity index (χ0n) is 14.0. The first kappa shape index (κ1) is 17.5.